The lowest BCUT2D eigenvalue weighted by molar-refractivity contribution is 0.339. The van der Waals surface area contributed by atoms with E-state index in [2.05, 4.69) is 40.0 Å². The summed E-state index contributed by atoms with van der Waals surface area (Å²) in [5.74, 6) is 0.852. The summed E-state index contributed by atoms with van der Waals surface area (Å²) in [6, 6.07) is 14.2. The Bertz CT molecular complexity index is 590. The van der Waals surface area contributed by atoms with Crippen molar-refractivity contribution in [2.75, 3.05) is 6.61 Å². The molecular formula is C17H18BrNO. The zero-order valence-corrected chi connectivity index (χ0v) is 13.4. The molecule has 0 amide bonds. The van der Waals surface area contributed by atoms with Crippen LogP contribution in [0.4, 0.5) is 5.69 Å². The molecule has 0 radical (unpaired) electrons. The molecule has 0 heterocycles. The fraction of sp³-hybridized carbons (Fsp3) is 0.235. The molecule has 0 unspecified atom stereocenters. The molecule has 20 heavy (non-hydrogen) atoms. The summed E-state index contributed by atoms with van der Waals surface area (Å²) in [6.45, 7) is 4.77. The van der Waals surface area contributed by atoms with Gasteiger partial charge in [0.25, 0.3) is 0 Å². The predicted octanol–water partition coefficient (Wildman–Crippen LogP) is 5.16. The fourth-order valence-electron chi connectivity index (χ4n) is 1.87. The Hall–Kier alpha value is -1.61. The van der Waals surface area contributed by atoms with Crippen molar-refractivity contribution in [3.63, 3.8) is 0 Å². The number of rotatable bonds is 5. The molecule has 0 N–H and O–H groups in total. The SMILES string of the molecule is CCOc1ccc(Br)cc1C=Nc1ccc(CC)cc1. The van der Waals surface area contributed by atoms with Gasteiger partial charge in [-0.3, -0.25) is 4.99 Å². The third-order valence-corrected chi connectivity index (χ3v) is 3.46. The normalized spacial score (nSPS) is 10.9. The van der Waals surface area contributed by atoms with Crippen molar-refractivity contribution in [3.05, 3.63) is 58.1 Å². The Balaban J connectivity index is 2.22. The summed E-state index contributed by atoms with van der Waals surface area (Å²) in [5.41, 5.74) is 3.24. The van der Waals surface area contributed by atoms with Crippen molar-refractivity contribution in [1.82, 2.24) is 0 Å². The third-order valence-electron chi connectivity index (χ3n) is 2.97. The topological polar surface area (TPSA) is 21.6 Å². The molecule has 0 aliphatic heterocycles. The maximum atomic E-state index is 5.60. The third kappa shape index (κ3) is 3.94. The van der Waals surface area contributed by atoms with Crippen LogP contribution in [0.5, 0.6) is 5.75 Å². The van der Waals surface area contributed by atoms with Gasteiger partial charge >= 0.3 is 0 Å². The number of aryl methyl sites for hydroxylation is 1. The minimum absolute atomic E-state index is 0.646. The average Bonchev–Trinajstić information content (AvgIpc) is 2.48. The van der Waals surface area contributed by atoms with Gasteiger partial charge in [0.15, 0.2) is 0 Å². The zero-order valence-electron chi connectivity index (χ0n) is 11.8. The van der Waals surface area contributed by atoms with Gasteiger partial charge in [-0.25, -0.2) is 0 Å². The van der Waals surface area contributed by atoms with Gasteiger partial charge in [0.2, 0.25) is 0 Å². The van der Waals surface area contributed by atoms with Gasteiger partial charge in [-0.1, -0.05) is 35.0 Å². The molecule has 0 bridgehead atoms. The first-order valence-electron chi connectivity index (χ1n) is 6.78. The van der Waals surface area contributed by atoms with Crippen LogP contribution in [0.1, 0.15) is 25.0 Å². The molecule has 0 aliphatic carbocycles. The van der Waals surface area contributed by atoms with Crippen molar-refractivity contribution < 1.29 is 4.74 Å². The molecule has 0 aromatic heterocycles. The summed E-state index contributed by atoms with van der Waals surface area (Å²) < 4.78 is 6.62. The van der Waals surface area contributed by atoms with Crippen LogP contribution in [0.15, 0.2) is 51.9 Å². The van der Waals surface area contributed by atoms with E-state index in [4.69, 9.17) is 4.74 Å². The molecule has 0 spiro atoms. The second kappa shape index (κ2) is 7.25. The molecule has 0 atom stereocenters. The number of hydrogen-bond acceptors (Lipinski definition) is 2. The number of nitrogens with zero attached hydrogens (tertiary/aromatic N) is 1. The first-order valence-corrected chi connectivity index (χ1v) is 7.57. The summed E-state index contributed by atoms with van der Waals surface area (Å²) in [5, 5.41) is 0. The Morgan fingerprint density at radius 2 is 1.85 bits per heavy atom. The van der Waals surface area contributed by atoms with Gasteiger partial charge in [-0.15, -0.1) is 0 Å². The van der Waals surface area contributed by atoms with Crippen LogP contribution in [0.25, 0.3) is 0 Å². The first-order chi connectivity index (χ1) is 9.72. The van der Waals surface area contributed by atoms with Crippen LogP contribution in [-0.2, 0) is 6.42 Å². The highest BCUT2D eigenvalue weighted by Gasteiger charge is 2.01. The minimum Gasteiger partial charge on any atom is -0.493 e. The standard InChI is InChI=1S/C17H18BrNO/c1-3-13-5-8-16(9-6-13)19-12-14-11-15(18)7-10-17(14)20-4-2/h5-12H,3-4H2,1-2H3. The van der Waals surface area contributed by atoms with E-state index in [0.29, 0.717) is 6.61 Å². The summed E-state index contributed by atoms with van der Waals surface area (Å²) >= 11 is 3.48. The van der Waals surface area contributed by atoms with E-state index in [0.717, 1.165) is 27.9 Å². The van der Waals surface area contributed by atoms with Crippen molar-refractivity contribution in [2.45, 2.75) is 20.3 Å². The second-order valence-corrected chi connectivity index (χ2v) is 5.31. The second-order valence-electron chi connectivity index (χ2n) is 4.39. The van der Waals surface area contributed by atoms with E-state index < -0.39 is 0 Å². The van der Waals surface area contributed by atoms with Gasteiger partial charge in [0.1, 0.15) is 5.75 Å². The molecule has 0 aliphatic rings. The highest BCUT2D eigenvalue weighted by molar-refractivity contribution is 9.10. The average molecular weight is 332 g/mol. The van der Waals surface area contributed by atoms with Crippen LogP contribution in [0.3, 0.4) is 0 Å². The highest BCUT2D eigenvalue weighted by Crippen LogP contribution is 2.23. The molecular weight excluding hydrogens is 314 g/mol. The molecule has 2 aromatic rings. The molecule has 3 heteroatoms. The Morgan fingerprint density at radius 1 is 1.10 bits per heavy atom. The van der Waals surface area contributed by atoms with Crippen LogP contribution in [0.2, 0.25) is 0 Å². The van der Waals surface area contributed by atoms with Crippen molar-refractivity contribution in [2.24, 2.45) is 4.99 Å². The molecule has 2 rings (SSSR count). The van der Waals surface area contributed by atoms with E-state index in [1.54, 1.807) is 0 Å². The van der Waals surface area contributed by atoms with Crippen molar-refractivity contribution in [1.29, 1.82) is 0 Å². The number of aliphatic imine (C=N–C) groups is 1. The number of benzene rings is 2. The van der Waals surface area contributed by atoms with Crippen molar-refractivity contribution in [3.8, 4) is 5.75 Å². The Morgan fingerprint density at radius 3 is 2.50 bits per heavy atom. The lowest BCUT2D eigenvalue weighted by Crippen LogP contribution is -1.95. The maximum Gasteiger partial charge on any atom is 0.128 e. The zero-order chi connectivity index (χ0) is 14.4. The first kappa shape index (κ1) is 14.8. The van der Waals surface area contributed by atoms with Crippen molar-refractivity contribution >= 4 is 27.8 Å². The molecule has 0 saturated heterocycles. The number of ether oxygens (including phenoxy) is 1. The van der Waals surface area contributed by atoms with E-state index in [9.17, 15) is 0 Å². The smallest absolute Gasteiger partial charge is 0.128 e. The molecule has 0 fully saturated rings. The lowest BCUT2D eigenvalue weighted by Gasteiger charge is -2.07. The molecule has 2 nitrogen and oxygen atoms in total. The highest BCUT2D eigenvalue weighted by atomic mass is 79.9. The van der Waals surface area contributed by atoms with Crippen LogP contribution < -0.4 is 4.74 Å². The van der Waals surface area contributed by atoms with E-state index in [-0.39, 0.29) is 0 Å². The predicted molar refractivity (Wildman–Crippen MR) is 88.4 cm³/mol. The Kier molecular flexibility index (Phi) is 5.36. The molecule has 0 saturated carbocycles. The van der Waals surface area contributed by atoms with E-state index in [1.807, 2.05) is 43.5 Å². The molecule has 104 valence electrons. The summed E-state index contributed by atoms with van der Waals surface area (Å²) in [7, 11) is 0. The summed E-state index contributed by atoms with van der Waals surface area (Å²) in [4.78, 5) is 4.51. The summed E-state index contributed by atoms with van der Waals surface area (Å²) in [6.07, 6.45) is 2.89. The number of halogens is 1. The van der Waals surface area contributed by atoms with Gasteiger partial charge in [0.05, 0.1) is 12.3 Å². The van der Waals surface area contributed by atoms with Gasteiger partial charge < -0.3 is 4.74 Å². The monoisotopic (exact) mass is 331 g/mol. The number of hydrogen-bond donors (Lipinski definition) is 0. The quantitative estimate of drug-likeness (QED) is 0.693. The fourth-order valence-corrected chi connectivity index (χ4v) is 2.25. The van der Waals surface area contributed by atoms with Gasteiger partial charge in [-0.05, 0) is 49.2 Å². The van der Waals surface area contributed by atoms with Crippen LogP contribution in [-0.4, -0.2) is 12.8 Å². The minimum atomic E-state index is 0.646. The van der Waals surface area contributed by atoms with E-state index in [1.165, 1.54) is 5.56 Å². The van der Waals surface area contributed by atoms with Crippen LogP contribution in [0, 0.1) is 0 Å². The lowest BCUT2D eigenvalue weighted by atomic mass is 10.1. The Labute approximate surface area is 128 Å². The van der Waals surface area contributed by atoms with E-state index >= 15 is 0 Å². The van der Waals surface area contributed by atoms with Gasteiger partial charge in [0, 0.05) is 16.3 Å². The van der Waals surface area contributed by atoms with Gasteiger partial charge in [-0.2, -0.15) is 0 Å². The molecule has 2 aromatic carbocycles. The largest absolute Gasteiger partial charge is 0.493 e. The van der Waals surface area contributed by atoms with Crippen LogP contribution >= 0.6 is 15.9 Å². The maximum absolute atomic E-state index is 5.60.